The molecule has 0 saturated carbocycles. The predicted molar refractivity (Wildman–Crippen MR) is 128 cm³/mol. The summed E-state index contributed by atoms with van der Waals surface area (Å²) in [5.74, 6) is 0.0259. The number of likely N-dealkylation sites (tertiary alicyclic amines) is 1. The Morgan fingerprint density at radius 1 is 0.971 bits per heavy atom. The lowest BCUT2D eigenvalue weighted by atomic mass is 9.94. The van der Waals surface area contributed by atoms with Crippen LogP contribution in [0.25, 0.3) is 0 Å². The molecule has 0 aromatic heterocycles. The number of rotatable bonds is 6. The minimum Gasteiger partial charge on any atom is -0.435 e. The second-order valence-electron chi connectivity index (χ2n) is 9.14. The Labute approximate surface area is 204 Å². The van der Waals surface area contributed by atoms with E-state index in [1.807, 2.05) is 24.8 Å². The Balaban J connectivity index is 1.37. The number of nitrogens with zero attached hydrogens (tertiary/aromatic N) is 2. The van der Waals surface area contributed by atoms with Crippen LogP contribution in [0.5, 0.6) is 5.75 Å². The predicted octanol–water partition coefficient (Wildman–Crippen LogP) is 4.52. The molecule has 2 unspecified atom stereocenters. The van der Waals surface area contributed by atoms with E-state index >= 15 is 0 Å². The van der Waals surface area contributed by atoms with E-state index in [4.69, 9.17) is 4.74 Å². The van der Waals surface area contributed by atoms with Crippen molar-refractivity contribution in [2.24, 2.45) is 5.92 Å². The van der Waals surface area contributed by atoms with Crippen LogP contribution in [0.1, 0.15) is 37.0 Å². The topological polar surface area (TPSA) is 71.1 Å². The molecule has 0 bridgehead atoms. The Hall–Kier alpha value is -3.20. The number of hydrogen-bond acceptors (Lipinski definition) is 5. The van der Waals surface area contributed by atoms with Crippen LogP contribution in [-0.4, -0.2) is 66.6 Å². The number of morpholine rings is 1. The van der Waals surface area contributed by atoms with Crippen molar-refractivity contribution in [2.75, 3.05) is 31.5 Å². The van der Waals surface area contributed by atoms with E-state index < -0.39 is 6.61 Å². The molecular formula is C26H31F2N3O4. The molecule has 2 aromatic carbocycles. The lowest BCUT2D eigenvalue weighted by molar-refractivity contribution is -0.148. The lowest BCUT2D eigenvalue weighted by Gasteiger charge is -2.39. The van der Waals surface area contributed by atoms with Gasteiger partial charge in [0.05, 0.1) is 23.5 Å². The van der Waals surface area contributed by atoms with Crippen LogP contribution in [0, 0.1) is 5.92 Å². The average Bonchev–Trinajstić information content (AvgIpc) is 2.84. The van der Waals surface area contributed by atoms with Crippen molar-refractivity contribution < 1.29 is 27.8 Å². The van der Waals surface area contributed by atoms with Crippen LogP contribution < -0.4 is 10.1 Å². The van der Waals surface area contributed by atoms with Crippen molar-refractivity contribution in [3.63, 3.8) is 0 Å². The van der Waals surface area contributed by atoms with E-state index in [1.165, 1.54) is 12.1 Å². The van der Waals surface area contributed by atoms with E-state index in [1.54, 1.807) is 35.2 Å². The smallest absolute Gasteiger partial charge is 0.387 e. The molecular weight excluding hydrogens is 456 g/mol. The maximum atomic E-state index is 13.3. The molecule has 2 aliphatic heterocycles. The second kappa shape index (κ2) is 11.0. The fourth-order valence-electron chi connectivity index (χ4n) is 4.77. The number of hydrogen-bond donors (Lipinski definition) is 1. The first kappa shape index (κ1) is 24.9. The van der Waals surface area contributed by atoms with E-state index in [-0.39, 0.29) is 35.7 Å². The SMILES string of the molecule is CC1CN(C(=O)C2CCN(C(=O)c3ccccc3Nc3ccc(OC(F)F)cc3)CC2)CC(C)O1. The Morgan fingerprint density at radius 3 is 2.23 bits per heavy atom. The van der Waals surface area contributed by atoms with Gasteiger partial charge in [-0.2, -0.15) is 8.78 Å². The monoisotopic (exact) mass is 487 g/mol. The summed E-state index contributed by atoms with van der Waals surface area (Å²) in [7, 11) is 0. The van der Waals surface area contributed by atoms with Gasteiger partial charge in [-0.05, 0) is 63.1 Å². The molecule has 0 aliphatic carbocycles. The maximum Gasteiger partial charge on any atom is 0.387 e. The number of halogens is 2. The number of carbonyl (C=O) groups excluding carboxylic acids is 2. The average molecular weight is 488 g/mol. The summed E-state index contributed by atoms with van der Waals surface area (Å²) in [4.78, 5) is 30.0. The summed E-state index contributed by atoms with van der Waals surface area (Å²) >= 11 is 0. The van der Waals surface area contributed by atoms with Crippen LogP contribution in [0.4, 0.5) is 20.2 Å². The normalized spacial score (nSPS) is 21.2. The highest BCUT2D eigenvalue weighted by atomic mass is 19.3. The van der Waals surface area contributed by atoms with Crippen molar-refractivity contribution >= 4 is 23.2 Å². The molecule has 2 fully saturated rings. The number of amides is 2. The molecule has 2 aromatic rings. The van der Waals surface area contributed by atoms with Crippen molar-refractivity contribution in [2.45, 2.75) is 45.5 Å². The molecule has 2 atom stereocenters. The highest BCUT2D eigenvalue weighted by Gasteiger charge is 2.34. The number of piperidine rings is 1. The third-order valence-corrected chi connectivity index (χ3v) is 6.38. The lowest BCUT2D eigenvalue weighted by Crippen LogP contribution is -2.51. The quantitative estimate of drug-likeness (QED) is 0.649. The number of para-hydroxylation sites is 1. The Kier molecular flexibility index (Phi) is 7.85. The van der Waals surface area contributed by atoms with Gasteiger partial charge in [0.1, 0.15) is 5.75 Å². The van der Waals surface area contributed by atoms with Crippen LogP contribution in [0.2, 0.25) is 0 Å². The first-order valence-electron chi connectivity index (χ1n) is 11.9. The molecule has 2 heterocycles. The molecule has 2 aliphatic rings. The van der Waals surface area contributed by atoms with Gasteiger partial charge in [0, 0.05) is 37.8 Å². The van der Waals surface area contributed by atoms with Crippen molar-refractivity contribution in [1.82, 2.24) is 9.80 Å². The highest BCUT2D eigenvalue weighted by Crippen LogP contribution is 2.27. The summed E-state index contributed by atoms with van der Waals surface area (Å²) in [5, 5.41) is 3.19. The van der Waals surface area contributed by atoms with Crippen LogP contribution in [0.3, 0.4) is 0 Å². The van der Waals surface area contributed by atoms with E-state index in [2.05, 4.69) is 10.1 Å². The summed E-state index contributed by atoms with van der Waals surface area (Å²) in [5.41, 5.74) is 1.78. The molecule has 0 spiro atoms. The summed E-state index contributed by atoms with van der Waals surface area (Å²) in [6.07, 6.45) is 1.32. The second-order valence-corrected chi connectivity index (χ2v) is 9.14. The number of anilines is 2. The number of nitrogens with one attached hydrogen (secondary N) is 1. The summed E-state index contributed by atoms with van der Waals surface area (Å²) < 4.78 is 34.9. The molecule has 7 nitrogen and oxygen atoms in total. The van der Waals surface area contributed by atoms with Crippen LogP contribution in [-0.2, 0) is 9.53 Å². The molecule has 0 radical (unpaired) electrons. The van der Waals surface area contributed by atoms with Crippen molar-refractivity contribution in [3.05, 3.63) is 54.1 Å². The van der Waals surface area contributed by atoms with Gasteiger partial charge in [0.15, 0.2) is 0 Å². The molecule has 2 saturated heterocycles. The zero-order chi connectivity index (χ0) is 24.9. The van der Waals surface area contributed by atoms with E-state index in [0.717, 1.165) is 0 Å². The van der Waals surface area contributed by atoms with Gasteiger partial charge in [-0.1, -0.05) is 12.1 Å². The first-order chi connectivity index (χ1) is 16.8. The largest absolute Gasteiger partial charge is 0.435 e. The van der Waals surface area contributed by atoms with Gasteiger partial charge < -0.3 is 24.6 Å². The van der Waals surface area contributed by atoms with Gasteiger partial charge >= 0.3 is 6.61 Å². The van der Waals surface area contributed by atoms with Gasteiger partial charge in [0.25, 0.3) is 5.91 Å². The summed E-state index contributed by atoms with van der Waals surface area (Å²) in [6, 6.07) is 13.3. The maximum absolute atomic E-state index is 13.3. The highest BCUT2D eigenvalue weighted by molar-refractivity contribution is 6.00. The van der Waals surface area contributed by atoms with Crippen LogP contribution >= 0.6 is 0 Å². The van der Waals surface area contributed by atoms with E-state index in [0.29, 0.717) is 56.0 Å². The van der Waals surface area contributed by atoms with Gasteiger partial charge in [0.2, 0.25) is 5.91 Å². The molecule has 188 valence electrons. The number of benzene rings is 2. The first-order valence-corrected chi connectivity index (χ1v) is 11.9. The number of carbonyl (C=O) groups is 2. The third-order valence-electron chi connectivity index (χ3n) is 6.38. The Bertz CT molecular complexity index is 1020. The fourth-order valence-corrected chi connectivity index (χ4v) is 4.77. The summed E-state index contributed by atoms with van der Waals surface area (Å²) in [6.45, 7) is 3.32. The standard InChI is InChI=1S/C26H31F2N3O4/c1-17-15-31(16-18(2)34-17)24(32)19-11-13-30(14-12-19)25(33)22-5-3-4-6-23(22)29-20-7-9-21(10-8-20)35-26(27)28/h3-10,17-19,26,29H,11-16H2,1-2H3. The van der Waals surface area contributed by atoms with Gasteiger partial charge in [-0.25, -0.2) is 0 Å². The van der Waals surface area contributed by atoms with Crippen molar-refractivity contribution in [1.29, 1.82) is 0 Å². The molecule has 1 N–H and O–H groups in total. The Morgan fingerprint density at radius 2 is 1.60 bits per heavy atom. The zero-order valence-electron chi connectivity index (χ0n) is 20.0. The molecule has 9 heteroatoms. The number of ether oxygens (including phenoxy) is 2. The van der Waals surface area contributed by atoms with Gasteiger partial charge in [-0.15, -0.1) is 0 Å². The zero-order valence-corrected chi connectivity index (χ0v) is 20.0. The minimum absolute atomic E-state index is 0.0291. The molecule has 35 heavy (non-hydrogen) atoms. The van der Waals surface area contributed by atoms with E-state index in [9.17, 15) is 18.4 Å². The number of alkyl halides is 2. The van der Waals surface area contributed by atoms with Crippen molar-refractivity contribution in [3.8, 4) is 5.75 Å². The minimum atomic E-state index is -2.88. The fraction of sp³-hybridized carbons (Fsp3) is 0.462. The third kappa shape index (κ3) is 6.28. The van der Waals surface area contributed by atoms with Crippen LogP contribution in [0.15, 0.2) is 48.5 Å². The van der Waals surface area contributed by atoms with Gasteiger partial charge in [-0.3, -0.25) is 9.59 Å². The molecule has 2 amide bonds. The molecule has 4 rings (SSSR count).